The SMILES string of the molecule is COCCCNC(=O)c1cc(OCCSC=C(C)OO)c2c(NC(=O)OCC(C)C)cccc2c1O. The van der Waals surface area contributed by atoms with E-state index in [4.69, 9.17) is 19.5 Å². The average molecular weight is 523 g/mol. The zero-order valence-electron chi connectivity index (χ0n) is 21.0. The number of phenols is 1. The second-order valence-corrected chi connectivity index (χ2v) is 9.23. The quantitative estimate of drug-likeness (QED) is 0.117. The number of anilines is 1. The molecule has 0 aliphatic heterocycles. The highest BCUT2D eigenvalue weighted by Crippen LogP contribution is 2.40. The lowest BCUT2D eigenvalue weighted by molar-refractivity contribution is -0.202. The first-order valence-electron chi connectivity index (χ1n) is 11.5. The van der Waals surface area contributed by atoms with Crippen molar-refractivity contribution in [2.45, 2.75) is 27.2 Å². The predicted octanol–water partition coefficient (Wildman–Crippen LogP) is 4.98. The summed E-state index contributed by atoms with van der Waals surface area (Å²) in [4.78, 5) is 29.3. The molecule has 11 heteroatoms. The summed E-state index contributed by atoms with van der Waals surface area (Å²) < 4.78 is 16.2. The van der Waals surface area contributed by atoms with Gasteiger partial charge in [-0.2, -0.15) is 0 Å². The van der Waals surface area contributed by atoms with E-state index < -0.39 is 12.0 Å². The zero-order chi connectivity index (χ0) is 26.5. The number of hydrogen-bond donors (Lipinski definition) is 4. The molecule has 198 valence electrons. The van der Waals surface area contributed by atoms with Crippen LogP contribution in [0.2, 0.25) is 0 Å². The van der Waals surface area contributed by atoms with Gasteiger partial charge < -0.3 is 29.5 Å². The van der Waals surface area contributed by atoms with E-state index in [0.717, 1.165) is 0 Å². The number of hydrogen-bond acceptors (Lipinski definition) is 9. The van der Waals surface area contributed by atoms with Crippen molar-refractivity contribution in [2.75, 3.05) is 44.5 Å². The lowest BCUT2D eigenvalue weighted by Gasteiger charge is -2.17. The predicted molar refractivity (Wildman–Crippen MR) is 140 cm³/mol. The smallest absolute Gasteiger partial charge is 0.411 e. The van der Waals surface area contributed by atoms with Gasteiger partial charge in [0.2, 0.25) is 0 Å². The van der Waals surface area contributed by atoms with E-state index in [9.17, 15) is 14.7 Å². The van der Waals surface area contributed by atoms with E-state index in [1.165, 1.54) is 17.8 Å². The molecule has 2 rings (SSSR count). The zero-order valence-corrected chi connectivity index (χ0v) is 21.8. The summed E-state index contributed by atoms with van der Waals surface area (Å²) in [6.07, 6.45) is -0.0180. The Balaban J connectivity index is 2.38. The number of fused-ring (bicyclic) bond motifs is 1. The molecule has 2 aromatic rings. The lowest BCUT2D eigenvalue weighted by Crippen LogP contribution is -2.25. The molecule has 0 saturated carbocycles. The van der Waals surface area contributed by atoms with Gasteiger partial charge in [-0.15, -0.1) is 11.8 Å². The number of phenolic OH excluding ortho intramolecular Hbond substituents is 1. The van der Waals surface area contributed by atoms with Gasteiger partial charge in [-0.25, -0.2) is 10.1 Å². The highest BCUT2D eigenvalue weighted by Gasteiger charge is 2.21. The van der Waals surface area contributed by atoms with Crippen LogP contribution in [0.15, 0.2) is 35.4 Å². The molecule has 0 aliphatic rings. The Bertz CT molecular complexity index is 1060. The number of aromatic hydroxyl groups is 1. The van der Waals surface area contributed by atoms with Crippen LogP contribution in [-0.4, -0.2) is 61.6 Å². The first-order chi connectivity index (χ1) is 17.3. The van der Waals surface area contributed by atoms with Gasteiger partial charge in [-0.1, -0.05) is 26.0 Å². The fourth-order valence-electron chi connectivity index (χ4n) is 3.12. The molecule has 0 radical (unpaired) electrons. The van der Waals surface area contributed by atoms with Crippen molar-refractivity contribution in [2.24, 2.45) is 5.92 Å². The van der Waals surface area contributed by atoms with Crippen molar-refractivity contribution < 1.29 is 39.1 Å². The summed E-state index contributed by atoms with van der Waals surface area (Å²) in [5.41, 5.74) is 0.419. The Morgan fingerprint density at radius 2 is 2.00 bits per heavy atom. The Labute approximate surface area is 214 Å². The average Bonchev–Trinajstić information content (AvgIpc) is 2.86. The third-order valence-electron chi connectivity index (χ3n) is 4.79. The molecule has 4 N–H and O–H groups in total. The molecule has 0 fully saturated rings. The number of thioether (sulfide) groups is 1. The standard InChI is InChI=1S/C25H34N2O8S/c1-16(2)14-34-25(30)27-20-8-5-7-18-22(20)21(33-11-12-36-15-17(3)35-31)13-19(23(18)28)24(29)26-9-6-10-32-4/h5,7-8,13,15-16,28,31H,6,9-12,14H2,1-4H3,(H,26,29)(H,27,30). The van der Waals surface area contributed by atoms with Crippen molar-refractivity contribution in [3.8, 4) is 11.5 Å². The van der Waals surface area contributed by atoms with Gasteiger partial charge >= 0.3 is 6.09 Å². The number of methoxy groups -OCH3 is 1. The summed E-state index contributed by atoms with van der Waals surface area (Å²) in [7, 11) is 1.58. The topological polar surface area (TPSA) is 136 Å². The van der Waals surface area contributed by atoms with Crippen molar-refractivity contribution in [3.63, 3.8) is 0 Å². The Hall–Kier alpha value is -3.15. The van der Waals surface area contributed by atoms with E-state index in [2.05, 4.69) is 15.5 Å². The molecule has 0 spiro atoms. The van der Waals surface area contributed by atoms with Gasteiger partial charge in [0.1, 0.15) is 17.3 Å². The summed E-state index contributed by atoms with van der Waals surface area (Å²) in [6, 6.07) is 6.41. The molecule has 0 unspecified atom stereocenters. The fourth-order valence-corrected chi connectivity index (χ4v) is 3.70. The van der Waals surface area contributed by atoms with Crippen LogP contribution in [0.25, 0.3) is 10.8 Å². The number of ether oxygens (including phenoxy) is 3. The van der Waals surface area contributed by atoms with Crippen molar-refractivity contribution in [1.82, 2.24) is 5.32 Å². The first-order valence-corrected chi connectivity index (χ1v) is 12.6. The molecular weight excluding hydrogens is 488 g/mol. The normalized spacial score (nSPS) is 11.4. The monoisotopic (exact) mass is 522 g/mol. The second kappa shape index (κ2) is 15.1. The number of rotatable bonds is 14. The number of carbonyl (C=O) groups excluding carboxylic acids is 2. The first kappa shape index (κ1) is 29.1. The minimum Gasteiger partial charge on any atom is -0.506 e. The van der Waals surface area contributed by atoms with Crippen molar-refractivity contribution in [3.05, 3.63) is 41.0 Å². The van der Waals surface area contributed by atoms with Gasteiger partial charge in [0.05, 0.1) is 29.9 Å². The number of nitrogens with one attached hydrogen (secondary N) is 2. The van der Waals surface area contributed by atoms with Crippen molar-refractivity contribution >= 4 is 40.2 Å². The van der Waals surface area contributed by atoms with Crippen LogP contribution in [0.1, 0.15) is 37.6 Å². The summed E-state index contributed by atoms with van der Waals surface area (Å²) in [5, 5.41) is 27.5. The molecule has 0 heterocycles. The molecule has 10 nitrogen and oxygen atoms in total. The molecule has 0 atom stereocenters. The Kier molecular flexibility index (Phi) is 12.2. The number of benzene rings is 2. The number of carbonyl (C=O) groups is 2. The summed E-state index contributed by atoms with van der Waals surface area (Å²) in [5.74, 6) is 0.640. The highest BCUT2D eigenvalue weighted by molar-refractivity contribution is 8.02. The second-order valence-electron chi connectivity index (χ2n) is 8.26. The molecule has 0 aromatic heterocycles. The lowest BCUT2D eigenvalue weighted by atomic mass is 10.0. The van der Waals surface area contributed by atoms with Gasteiger partial charge in [-0.05, 0) is 31.4 Å². The van der Waals surface area contributed by atoms with E-state index in [1.54, 1.807) is 37.6 Å². The Morgan fingerprint density at radius 3 is 2.69 bits per heavy atom. The van der Waals surface area contributed by atoms with Gasteiger partial charge in [0.25, 0.3) is 5.91 Å². The maximum absolute atomic E-state index is 12.8. The molecule has 36 heavy (non-hydrogen) atoms. The van der Waals surface area contributed by atoms with E-state index in [-0.39, 0.29) is 30.4 Å². The van der Waals surface area contributed by atoms with Crippen molar-refractivity contribution in [1.29, 1.82) is 0 Å². The van der Waals surface area contributed by atoms with Crippen LogP contribution in [0.4, 0.5) is 10.5 Å². The van der Waals surface area contributed by atoms with Crippen LogP contribution >= 0.6 is 11.8 Å². The third kappa shape index (κ3) is 8.81. The highest BCUT2D eigenvalue weighted by atomic mass is 32.2. The van der Waals surface area contributed by atoms with E-state index in [1.807, 2.05) is 13.8 Å². The maximum Gasteiger partial charge on any atom is 0.411 e. The molecule has 2 amide bonds. The van der Waals surface area contributed by atoms with Crippen LogP contribution in [-0.2, 0) is 14.4 Å². The minimum absolute atomic E-state index is 0.0477. The molecular formula is C25H34N2O8S. The molecule has 0 saturated heterocycles. The number of allylic oxidation sites excluding steroid dienone is 1. The fraction of sp³-hybridized carbons (Fsp3) is 0.440. The summed E-state index contributed by atoms with van der Waals surface area (Å²) in [6.45, 7) is 6.82. The molecule has 0 aliphatic carbocycles. The maximum atomic E-state index is 12.8. The number of amides is 2. The van der Waals surface area contributed by atoms with Crippen LogP contribution in [0, 0.1) is 5.92 Å². The van der Waals surface area contributed by atoms with E-state index in [0.29, 0.717) is 53.3 Å². The molecule has 0 bridgehead atoms. The van der Waals surface area contributed by atoms with Gasteiger partial charge in [-0.3, -0.25) is 10.1 Å². The van der Waals surface area contributed by atoms with Crippen LogP contribution in [0.5, 0.6) is 11.5 Å². The Morgan fingerprint density at radius 1 is 1.22 bits per heavy atom. The minimum atomic E-state index is -0.637. The van der Waals surface area contributed by atoms with Crippen LogP contribution < -0.4 is 15.4 Å². The van der Waals surface area contributed by atoms with Gasteiger partial charge in [0.15, 0.2) is 0 Å². The summed E-state index contributed by atoms with van der Waals surface area (Å²) >= 11 is 1.36. The largest absolute Gasteiger partial charge is 0.506 e. The molecule has 2 aromatic carbocycles. The van der Waals surface area contributed by atoms with E-state index >= 15 is 0 Å². The van der Waals surface area contributed by atoms with Gasteiger partial charge in [0, 0.05) is 36.8 Å². The van der Waals surface area contributed by atoms with Crippen LogP contribution in [0.3, 0.4) is 0 Å². The third-order valence-corrected chi connectivity index (χ3v) is 5.69.